The Labute approximate surface area is 220 Å². The molecule has 1 aliphatic heterocycles. The van der Waals surface area contributed by atoms with Crippen LogP contribution in [-0.2, 0) is 20.3 Å². The third-order valence-corrected chi connectivity index (χ3v) is 20.4. The van der Waals surface area contributed by atoms with Gasteiger partial charge in [-0.15, -0.1) is 0 Å². The van der Waals surface area contributed by atoms with Crippen LogP contribution in [0.4, 0.5) is 0 Å². The van der Waals surface area contributed by atoms with Crippen LogP contribution in [-0.4, -0.2) is 0 Å². The van der Waals surface area contributed by atoms with Gasteiger partial charge >= 0.3 is 222 Å². The van der Waals surface area contributed by atoms with E-state index in [2.05, 4.69) is 110 Å². The van der Waals surface area contributed by atoms with Gasteiger partial charge in [-0.05, 0) is 0 Å². The van der Waals surface area contributed by atoms with Crippen molar-refractivity contribution >= 4 is 32.7 Å². The van der Waals surface area contributed by atoms with Gasteiger partial charge < -0.3 is 0 Å². The summed E-state index contributed by atoms with van der Waals surface area (Å²) in [6, 6.07) is 28.1. The molecule has 0 fully saturated rings. The second-order valence-electron chi connectivity index (χ2n) is 12.3. The molecule has 1 heterocycles. The molecule has 4 aromatic carbocycles. The molecule has 0 nitrogen and oxygen atoms in total. The summed E-state index contributed by atoms with van der Waals surface area (Å²) < 4.78 is 6.84. The molecule has 0 aromatic heterocycles. The maximum absolute atomic E-state index is 2.87. The van der Waals surface area contributed by atoms with E-state index in [9.17, 15) is 0 Å². The topological polar surface area (TPSA) is 0 Å². The van der Waals surface area contributed by atoms with Crippen LogP contribution >= 0.6 is 0 Å². The van der Waals surface area contributed by atoms with Gasteiger partial charge in [-0.25, -0.2) is 0 Å². The van der Waals surface area contributed by atoms with Crippen LogP contribution in [0.3, 0.4) is 0 Å². The van der Waals surface area contributed by atoms with Gasteiger partial charge in [0.2, 0.25) is 0 Å². The first-order valence-corrected chi connectivity index (χ1v) is 21.6. The number of hydrogen-bond donors (Lipinski definition) is 0. The maximum atomic E-state index is 2.78. The predicted octanol–water partition coefficient (Wildman–Crippen LogP) is 10.4. The Hall–Kier alpha value is -2.24. The molecule has 2 unspecified atom stereocenters. The average Bonchev–Trinajstić information content (AvgIpc) is 3.44. The molecular weight excluding hydrogens is 512 g/mol. The summed E-state index contributed by atoms with van der Waals surface area (Å²) in [5.74, 6) is 0. The van der Waals surface area contributed by atoms with Gasteiger partial charge in [-0.2, -0.15) is 0 Å². The van der Waals surface area contributed by atoms with Crippen LogP contribution in [0, 0.1) is 5.41 Å². The van der Waals surface area contributed by atoms with Crippen molar-refractivity contribution in [2.24, 2.45) is 5.41 Å². The van der Waals surface area contributed by atoms with Crippen molar-refractivity contribution in [3.8, 4) is 0 Å². The van der Waals surface area contributed by atoms with E-state index in [0.717, 1.165) is 12.8 Å². The van der Waals surface area contributed by atoms with E-state index in [-0.39, 0.29) is 5.41 Å². The Kier molecular flexibility index (Phi) is 4.87. The molecule has 180 valence electrons. The molecule has 0 spiro atoms. The zero-order valence-corrected chi connectivity index (χ0v) is 25.0. The molecule has 3 aliphatic rings. The van der Waals surface area contributed by atoms with E-state index in [1.807, 2.05) is 0 Å². The third-order valence-electron chi connectivity index (χ3n) is 9.88. The van der Waals surface area contributed by atoms with Gasteiger partial charge in [-0.1, -0.05) is 0 Å². The Balaban J connectivity index is 1.67. The summed E-state index contributed by atoms with van der Waals surface area (Å²) in [6.07, 6.45) is 2.32. The monoisotopic (exact) mass is 546 g/mol. The van der Waals surface area contributed by atoms with Gasteiger partial charge in [-0.3, -0.25) is 0 Å². The van der Waals surface area contributed by atoms with E-state index < -0.39 is 20.3 Å². The quantitative estimate of drug-likeness (QED) is 0.234. The molecule has 36 heavy (non-hydrogen) atoms. The van der Waals surface area contributed by atoms with Crippen molar-refractivity contribution in [3.05, 3.63) is 106 Å². The molecule has 7 rings (SSSR count). The second kappa shape index (κ2) is 7.64. The molecule has 1 heteroatoms. The zero-order chi connectivity index (χ0) is 25.0. The van der Waals surface area contributed by atoms with Crippen LogP contribution in [0.5, 0.6) is 0 Å². The van der Waals surface area contributed by atoms with Gasteiger partial charge in [0.05, 0.1) is 0 Å². The molecule has 0 amide bonds. The number of benzene rings is 4. The number of rotatable bonds is 2. The van der Waals surface area contributed by atoms with Gasteiger partial charge in [0, 0.05) is 0 Å². The van der Waals surface area contributed by atoms with Gasteiger partial charge in [0.1, 0.15) is 0 Å². The van der Waals surface area contributed by atoms with E-state index in [1.54, 1.807) is 44.5 Å². The number of hydrogen-bond acceptors (Lipinski definition) is 0. The first kappa shape index (κ1) is 22.9. The fourth-order valence-electron chi connectivity index (χ4n) is 8.78. The first-order valence-electron chi connectivity index (χ1n) is 13.8. The summed E-state index contributed by atoms with van der Waals surface area (Å²) in [7, 11) is 0. The SMILES string of the molecule is CCC1=C2c3c(ccc4ccccc34)[CH]1[Zr]([CH3])([CH3])[CH]1C(CC)=C(c3c1ccc1ccccc31)C2(C)C. The fourth-order valence-corrected chi connectivity index (χ4v) is 20.9. The van der Waals surface area contributed by atoms with Crippen molar-refractivity contribution in [2.45, 2.75) is 57.1 Å². The predicted molar refractivity (Wildman–Crippen MR) is 153 cm³/mol. The van der Waals surface area contributed by atoms with Crippen molar-refractivity contribution in [1.82, 2.24) is 0 Å². The van der Waals surface area contributed by atoms with Gasteiger partial charge in [0.15, 0.2) is 0 Å². The zero-order valence-electron chi connectivity index (χ0n) is 22.5. The molecule has 0 saturated heterocycles. The van der Waals surface area contributed by atoms with Crippen LogP contribution in [0.15, 0.2) is 83.9 Å². The molecule has 0 radical (unpaired) electrons. The van der Waals surface area contributed by atoms with Crippen LogP contribution in [0.2, 0.25) is 9.26 Å². The van der Waals surface area contributed by atoms with E-state index in [0.29, 0.717) is 7.25 Å². The number of allylic oxidation sites excluding steroid dienone is 4. The first-order chi connectivity index (χ1) is 17.3. The molecule has 0 saturated carbocycles. The third kappa shape index (κ3) is 2.69. The summed E-state index contributed by atoms with van der Waals surface area (Å²) in [5.41, 5.74) is 13.3. The van der Waals surface area contributed by atoms with Crippen molar-refractivity contribution in [1.29, 1.82) is 0 Å². The van der Waals surface area contributed by atoms with Crippen molar-refractivity contribution < 1.29 is 20.3 Å². The minimum atomic E-state index is -2.87. The Morgan fingerprint density at radius 3 is 1.44 bits per heavy atom. The molecule has 2 aliphatic carbocycles. The summed E-state index contributed by atoms with van der Waals surface area (Å²) in [5, 5.41) is 5.69. The van der Waals surface area contributed by atoms with Crippen LogP contribution < -0.4 is 0 Å². The van der Waals surface area contributed by atoms with E-state index >= 15 is 0 Å². The molecule has 4 bridgehead atoms. The van der Waals surface area contributed by atoms with Crippen LogP contribution in [0.1, 0.15) is 70.0 Å². The number of fused-ring (bicyclic) bond motifs is 12. The fraction of sp³-hybridized carbons (Fsp3) is 0.314. The van der Waals surface area contributed by atoms with Crippen LogP contribution in [0.25, 0.3) is 32.7 Å². The molecule has 4 aromatic rings. The molecule has 0 N–H and O–H groups in total. The van der Waals surface area contributed by atoms with Crippen molar-refractivity contribution in [2.75, 3.05) is 0 Å². The van der Waals surface area contributed by atoms with E-state index in [1.165, 1.54) is 21.5 Å². The van der Waals surface area contributed by atoms with Crippen molar-refractivity contribution in [3.63, 3.8) is 0 Å². The summed E-state index contributed by atoms with van der Waals surface area (Å²) in [6.45, 7) is 9.96. The Bertz CT molecular complexity index is 1540. The van der Waals surface area contributed by atoms with Gasteiger partial charge in [0.25, 0.3) is 0 Å². The van der Waals surface area contributed by atoms with E-state index in [4.69, 9.17) is 0 Å². The summed E-state index contributed by atoms with van der Waals surface area (Å²) in [4.78, 5) is 0. The Morgan fingerprint density at radius 2 is 1.03 bits per heavy atom. The minimum absolute atomic E-state index is 0.0414. The molecule has 2 atom stereocenters. The second-order valence-corrected chi connectivity index (χ2v) is 24.1. The standard InChI is InChI=1S/C33H30.2CH3.Zr/c1-5-21-19-25-17-15-23-11-7-9-13-27(23)29(25)31(21)33(3,4)32-22(6-2)20-26-18-16-24-12-8-10-14-28(24)30(26)32;;;/h7-20H,5-6H2,1-4H3;2*1H3;. The normalized spacial score (nSPS) is 23.2. The summed E-state index contributed by atoms with van der Waals surface area (Å²) >= 11 is -2.87. The molecular formula is C35H36Zr. The average molecular weight is 548 g/mol. The Morgan fingerprint density at radius 1 is 0.611 bits per heavy atom.